The molecule has 0 saturated heterocycles. The molecule has 0 fully saturated rings. The summed E-state index contributed by atoms with van der Waals surface area (Å²) in [6, 6.07) is 6.42. The molecule has 0 spiro atoms. The molecular weight excluding hydrogens is 262 g/mol. The van der Waals surface area contributed by atoms with E-state index in [1.165, 1.54) is 6.26 Å². The first kappa shape index (κ1) is 15.7. The molecule has 19 heavy (non-hydrogen) atoms. The third kappa shape index (κ3) is 4.35. The summed E-state index contributed by atoms with van der Waals surface area (Å²) in [7, 11) is -3.18. The molecule has 0 bridgehead atoms. The number of rotatable bonds is 3. The highest BCUT2D eigenvalue weighted by Crippen LogP contribution is 2.19. The normalized spacial score (nSPS) is 13.9. The smallest absolute Gasteiger partial charge is 0.225 e. The van der Waals surface area contributed by atoms with E-state index in [1.54, 1.807) is 24.3 Å². The molecule has 5 heteroatoms. The van der Waals surface area contributed by atoms with Crippen LogP contribution in [0.15, 0.2) is 29.2 Å². The Bertz CT molecular complexity index is 553. The van der Waals surface area contributed by atoms with E-state index >= 15 is 0 Å². The van der Waals surface area contributed by atoms with Crippen LogP contribution in [-0.2, 0) is 14.6 Å². The molecule has 0 unspecified atom stereocenters. The summed E-state index contributed by atoms with van der Waals surface area (Å²) in [4.78, 5) is 12.2. The van der Waals surface area contributed by atoms with E-state index in [1.807, 2.05) is 27.7 Å². The Hall–Kier alpha value is -1.36. The number of carbonyl (C=O) groups excluding carboxylic acids is 1. The summed E-state index contributed by atoms with van der Waals surface area (Å²) in [5.74, 6) is -0.0350. The molecule has 1 aromatic carbocycles. The van der Waals surface area contributed by atoms with Crippen LogP contribution in [0.4, 0.5) is 0 Å². The summed E-state index contributed by atoms with van der Waals surface area (Å²) in [6.07, 6.45) is 1.17. The maximum atomic E-state index is 11.9. The molecule has 1 rings (SSSR count). The fourth-order valence-corrected chi connectivity index (χ4v) is 2.13. The van der Waals surface area contributed by atoms with E-state index in [9.17, 15) is 13.2 Å². The molecule has 0 heterocycles. The molecule has 0 aliphatic carbocycles. The van der Waals surface area contributed by atoms with Crippen LogP contribution in [0.3, 0.4) is 0 Å². The maximum absolute atomic E-state index is 11.9. The number of benzene rings is 1. The molecule has 0 saturated carbocycles. The van der Waals surface area contributed by atoms with Crippen molar-refractivity contribution in [2.24, 2.45) is 5.41 Å². The van der Waals surface area contributed by atoms with Crippen LogP contribution in [0.5, 0.6) is 0 Å². The van der Waals surface area contributed by atoms with Crippen molar-refractivity contribution in [3.05, 3.63) is 29.8 Å². The van der Waals surface area contributed by atoms with E-state index in [4.69, 9.17) is 0 Å². The fraction of sp³-hybridized carbons (Fsp3) is 0.500. The molecule has 0 aromatic heterocycles. The summed E-state index contributed by atoms with van der Waals surface area (Å²) in [5.41, 5.74) is 0.436. The van der Waals surface area contributed by atoms with Gasteiger partial charge in [-0.3, -0.25) is 4.79 Å². The zero-order valence-electron chi connectivity index (χ0n) is 12.0. The Balaban J connectivity index is 2.85. The summed E-state index contributed by atoms with van der Waals surface area (Å²) in [5, 5.41) is 2.91. The van der Waals surface area contributed by atoms with Crippen molar-refractivity contribution in [2.45, 2.75) is 38.6 Å². The lowest BCUT2D eigenvalue weighted by molar-refractivity contribution is -0.129. The van der Waals surface area contributed by atoms with E-state index in [0.29, 0.717) is 0 Å². The van der Waals surface area contributed by atoms with Crippen LogP contribution in [-0.4, -0.2) is 20.6 Å². The average Bonchev–Trinajstić information content (AvgIpc) is 2.26. The van der Waals surface area contributed by atoms with Gasteiger partial charge in [0, 0.05) is 11.7 Å². The first-order valence-corrected chi connectivity index (χ1v) is 8.02. The van der Waals surface area contributed by atoms with Gasteiger partial charge in [-0.2, -0.15) is 0 Å². The van der Waals surface area contributed by atoms with Gasteiger partial charge in [-0.05, 0) is 24.6 Å². The lowest BCUT2D eigenvalue weighted by atomic mass is 9.95. The highest BCUT2D eigenvalue weighted by molar-refractivity contribution is 7.90. The molecule has 106 valence electrons. The van der Waals surface area contributed by atoms with Gasteiger partial charge in [-0.25, -0.2) is 8.42 Å². The van der Waals surface area contributed by atoms with E-state index in [2.05, 4.69) is 5.32 Å². The van der Waals surface area contributed by atoms with Gasteiger partial charge >= 0.3 is 0 Å². The summed E-state index contributed by atoms with van der Waals surface area (Å²) < 4.78 is 22.7. The largest absolute Gasteiger partial charge is 0.349 e. The SMILES string of the molecule is C[C@H](NC(=O)C(C)(C)C)c1ccc(S(C)(=O)=O)cc1. The molecule has 1 atom stereocenters. The van der Waals surface area contributed by atoms with E-state index in [0.717, 1.165) is 5.56 Å². The van der Waals surface area contributed by atoms with Crippen molar-refractivity contribution in [2.75, 3.05) is 6.26 Å². The van der Waals surface area contributed by atoms with Gasteiger partial charge < -0.3 is 5.32 Å². The number of nitrogens with one attached hydrogen (secondary N) is 1. The maximum Gasteiger partial charge on any atom is 0.225 e. The van der Waals surface area contributed by atoms with Gasteiger partial charge in [0.25, 0.3) is 0 Å². The van der Waals surface area contributed by atoms with Gasteiger partial charge in [-0.1, -0.05) is 32.9 Å². The zero-order chi connectivity index (χ0) is 14.8. The highest BCUT2D eigenvalue weighted by Gasteiger charge is 2.23. The average molecular weight is 283 g/mol. The number of sulfone groups is 1. The molecule has 4 nitrogen and oxygen atoms in total. The number of carbonyl (C=O) groups is 1. The number of hydrogen-bond donors (Lipinski definition) is 1. The quantitative estimate of drug-likeness (QED) is 0.926. The number of hydrogen-bond acceptors (Lipinski definition) is 3. The minimum Gasteiger partial charge on any atom is -0.349 e. The van der Waals surface area contributed by atoms with Crippen LogP contribution in [0.25, 0.3) is 0 Å². The van der Waals surface area contributed by atoms with E-state index < -0.39 is 15.3 Å². The lowest BCUT2D eigenvalue weighted by Gasteiger charge is -2.22. The summed E-state index contributed by atoms with van der Waals surface area (Å²) in [6.45, 7) is 7.42. The minimum atomic E-state index is -3.18. The Labute approximate surface area is 115 Å². The first-order valence-electron chi connectivity index (χ1n) is 6.13. The molecule has 1 N–H and O–H groups in total. The van der Waals surface area contributed by atoms with Crippen molar-refractivity contribution in [1.29, 1.82) is 0 Å². The van der Waals surface area contributed by atoms with Crippen LogP contribution in [0.2, 0.25) is 0 Å². The second-order valence-corrected chi connectivity index (χ2v) is 7.80. The molecule has 0 aliphatic heterocycles. The van der Waals surface area contributed by atoms with Gasteiger partial charge in [0.1, 0.15) is 0 Å². The Morgan fingerprint density at radius 2 is 1.63 bits per heavy atom. The van der Waals surface area contributed by atoms with Gasteiger partial charge in [0.2, 0.25) is 5.91 Å². The Kier molecular flexibility index (Phi) is 4.40. The minimum absolute atomic E-state index is 0.0350. The number of amides is 1. The van der Waals surface area contributed by atoms with Crippen molar-refractivity contribution in [3.63, 3.8) is 0 Å². The third-order valence-corrected chi connectivity index (χ3v) is 3.97. The summed E-state index contributed by atoms with van der Waals surface area (Å²) >= 11 is 0. The lowest BCUT2D eigenvalue weighted by Crippen LogP contribution is -2.36. The molecule has 1 amide bonds. The third-order valence-electron chi connectivity index (χ3n) is 2.84. The van der Waals surface area contributed by atoms with Gasteiger partial charge in [-0.15, -0.1) is 0 Å². The molecule has 1 aromatic rings. The second-order valence-electron chi connectivity index (χ2n) is 5.79. The van der Waals surface area contributed by atoms with Crippen molar-refractivity contribution >= 4 is 15.7 Å². The Morgan fingerprint density at radius 1 is 1.16 bits per heavy atom. The standard InChI is InChI=1S/C14H21NO3S/c1-10(15-13(16)14(2,3)4)11-6-8-12(9-7-11)19(5,17)18/h6-10H,1-5H3,(H,15,16)/t10-/m0/s1. The van der Waals surface area contributed by atoms with Crippen molar-refractivity contribution < 1.29 is 13.2 Å². The first-order chi connectivity index (χ1) is 8.51. The highest BCUT2D eigenvalue weighted by atomic mass is 32.2. The fourth-order valence-electron chi connectivity index (χ4n) is 1.50. The van der Waals surface area contributed by atoms with Crippen molar-refractivity contribution in [1.82, 2.24) is 5.32 Å². The second kappa shape index (κ2) is 5.33. The predicted molar refractivity (Wildman–Crippen MR) is 75.6 cm³/mol. The van der Waals surface area contributed by atoms with Crippen molar-refractivity contribution in [3.8, 4) is 0 Å². The van der Waals surface area contributed by atoms with Crippen LogP contribution in [0.1, 0.15) is 39.3 Å². The predicted octanol–water partition coefficient (Wildman–Crippen LogP) is 2.31. The van der Waals surface area contributed by atoms with Crippen LogP contribution >= 0.6 is 0 Å². The molecule has 0 aliphatic rings. The molecule has 0 radical (unpaired) electrons. The topological polar surface area (TPSA) is 63.2 Å². The van der Waals surface area contributed by atoms with Crippen LogP contribution < -0.4 is 5.32 Å². The molecular formula is C14H21NO3S. The van der Waals surface area contributed by atoms with Gasteiger partial charge in [0.05, 0.1) is 10.9 Å². The zero-order valence-corrected chi connectivity index (χ0v) is 12.8. The van der Waals surface area contributed by atoms with E-state index in [-0.39, 0.29) is 16.8 Å². The monoisotopic (exact) mass is 283 g/mol. The van der Waals surface area contributed by atoms with Crippen LogP contribution in [0, 0.1) is 5.41 Å². The Morgan fingerprint density at radius 3 is 2.00 bits per heavy atom. The van der Waals surface area contributed by atoms with Gasteiger partial charge in [0.15, 0.2) is 9.84 Å².